The van der Waals surface area contributed by atoms with Gasteiger partial charge in [0, 0.05) is 36.1 Å². The van der Waals surface area contributed by atoms with Gasteiger partial charge in [-0.25, -0.2) is 0 Å². The number of nitrogens with zero attached hydrogens (tertiary/aromatic N) is 2. The van der Waals surface area contributed by atoms with Gasteiger partial charge in [0.2, 0.25) is 0 Å². The van der Waals surface area contributed by atoms with E-state index in [2.05, 4.69) is 0 Å². The van der Waals surface area contributed by atoms with Crippen molar-refractivity contribution in [2.75, 3.05) is 26.2 Å². The lowest BCUT2D eigenvalue weighted by atomic mass is 10.1. The van der Waals surface area contributed by atoms with E-state index in [-0.39, 0.29) is 5.91 Å². The maximum absolute atomic E-state index is 13.3. The second kappa shape index (κ2) is 7.25. The molecule has 0 aliphatic rings. The van der Waals surface area contributed by atoms with Gasteiger partial charge in [-0.2, -0.15) is 0 Å². The molecule has 3 aromatic rings. The summed E-state index contributed by atoms with van der Waals surface area (Å²) in [6.45, 7) is 4.04. The Bertz CT molecular complexity index is 929. The predicted molar refractivity (Wildman–Crippen MR) is 105 cm³/mol. The van der Waals surface area contributed by atoms with Crippen molar-refractivity contribution >= 4 is 22.9 Å². The Morgan fingerprint density at radius 1 is 1.08 bits per heavy atom. The van der Waals surface area contributed by atoms with Crippen LogP contribution in [0.2, 0.25) is 0 Å². The molecule has 26 heavy (non-hydrogen) atoms. The van der Waals surface area contributed by atoms with Crippen LogP contribution in [0.4, 0.5) is 5.69 Å². The Labute approximate surface area is 157 Å². The number of ether oxygens (including phenoxy) is 2. The molecular formula is C20H22N2O3S. The molecule has 0 atom stereocenters. The largest absolute Gasteiger partial charge is 0.493 e. The average Bonchev–Trinajstić information content (AvgIpc) is 3.28. The van der Waals surface area contributed by atoms with Crippen molar-refractivity contribution in [3.8, 4) is 16.5 Å². The summed E-state index contributed by atoms with van der Waals surface area (Å²) in [4.78, 5) is 16.1. The molecule has 0 fully saturated rings. The van der Waals surface area contributed by atoms with Gasteiger partial charge in [-0.3, -0.25) is 4.79 Å². The molecule has 0 unspecified atom stereocenters. The first kappa shape index (κ1) is 18.1. The second-order valence-electron chi connectivity index (χ2n) is 5.96. The standard InChI is InChI=1S/C20H22N2O3S/c1-13-14(2)26-20(22-10-6-7-11-22)18(13)19(23)21(3)15-8-9-16(24-4)17(12-15)25-5/h6-12H,1-5H3. The minimum absolute atomic E-state index is 0.0530. The number of rotatable bonds is 5. The van der Waals surface area contributed by atoms with Crippen molar-refractivity contribution < 1.29 is 14.3 Å². The fraction of sp³-hybridized carbons (Fsp3) is 0.250. The highest BCUT2D eigenvalue weighted by atomic mass is 32.1. The number of aromatic nitrogens is 1. The number of benzene rings is 1. The van der Waals surface area contributed by atoms with Crippen LogP contribution in [-0.2, 0) is 0 Å². The summed E-state index contributed by atoms with van der Waals surface area (Å²) in [5.41, 5.74) is 2.48. The number of amides is 1. The molecule has 3 rings (SSSR count). The van der Waals surface area contributed by atoms with Gasteiger partial charge in [-0.1, -0.05) is 0 Å². The van der Waals surface area contributed by atoms with E-state index < -0.39 is 0 Å². The number of hydrogen-bond donors (Lipinski definition) is 0. The summed E-state index contributed by atoms with van der Waals surface area (Å²) in [7, 11) is 4.95. The number of methoxy groups -OCH3 is 2. The number of thiophene rings is 1. The predicted octanol–water partition coefficient (Wildman–Crippen LogP) is 4.45. The molecule has 0 aliphatic heterocycles. The molecular weight excluding hydrogens is 348 g/mol. The summed E-state index contributed by atoms with van der Waals surface area (Å²) in [6.07, 6.45) is 3.91. The molecule has 0 aliphatic carbocycles. The SMILES string of the molecule is COc1ccc(N(C)C(=O)c2c(-n3cccc3)sc(C)c2C)cc1OC. The molecule has 0 N–H and O–H groups in total. The summed E-state index contributed by atoms with van der Waals surface area (Å²) in [5, 5.41) is 0.933. The van der Waals surface area contributed by atoms with Gasteiger partial charge >= 0.3 is 0 Å². The van der Waals surface area contributed by atoms with Crippen LogP contribution in [0.5, 0.6) is 11.5 Å². The van der Waals surface area contributed by atoms with Crippen LogP contribution in [0.3, 0.4) is 0 Å². The molecule has 0 saturated heterocycles. The highest BCUT2D eigenvalue weighted by Crippen LogP contribution is 2.35. The van der Waals surface area contributed by atoms with E-state index in [0.717, 1.165) is 26.7 Å². The first-order valence-corrected chi connectivity index (χ1v) is 9.03. The van der Waals surface area contributed by atoms with Gasteiger partial charge in [-0.05, 0) is 43.7 Å². The van der Waals surface area contributed by atoms with Crippen molar-refractivity contribution in [2.24, 2.45) is 0 Å². The molecule has 1 aromatic carbocycles. The van der Waals surface area contributed by atoms with Gasteiger partial charge in [0.05, 0.1) is 19.8 Å². The summed E-state index contributed by atoms with van der Waals surface area (Å²) >= 11 is 1.62. The lowest BCUT2D eigenvalue weighted by Gasteiger charge is -2.20. The summed E-state index contributed by atoms with van der Waals surface area (Å²) < 4.78 is 12.6. The molecule has 136 valence electrons. The van der Waals surface area contributed by atoms with E-state index >= 15 is 0 Å². The first-order valence-electron chi connectivity index (χ1n) is 8.21. The van der Waals surface area contributed by atoms with E-state index in [0.29, 0.717) is 11.5 Å². The Morgan fingerprint density at radius 3 is 2.35 bits per heavy atom. The number of anilines is 1. The molecule has 0 saturated carbocycles. The molecule has 2 aromatic heterocycles. The van der Waals surface area contributed by atoms with Crippen LogP contribution >= 0.6 is 11.3 Å². The molecule has 0 spiro atoms. The second-order valence-corrected chi connectivity index (χ2v) is 7.16. The van der Waals surface area contributed by atoms with Gasteiger partial charge in [0.25, 0.3) is 5.91 Å². The maximum Gasteiger partial charge on any atom is 0.261 e. The zero-order chi connectivity index (χ0) is 18.8. The van der Waals surface area contributed by atoms with E-state index in [1.54, 1.807) is 49.6 Å². The topological polar surface area (TPSA) is 43.7 Å². The average molecular weight is 370 g/mol. The minimum Gasteiger partial charge on any atom is -0.493 e. The molecule has 6 heteroatoms. The minimum atomic E-state index is -0.0530. The van der Waals surface area contributed by atoms with E-state index in [1.807, 2.05) is 49.0 Å². The van der Waals surface area contributed by atoms with E-state index in [4.69, 9.17) is 9.47 Å². The molecule has 1 amide bonds. The number of hydrogen-bond acceptors (Lipinski definition) is 4. The Kier molecular flexibility index (Phi) is 5.04. The lowest BCUT2D eigenvalue weighted by molar-refractivity contribution is 0.0993. The number of carbonyl (C=O) groups excluding carboxylic acids is 1. The van der Waals surface area contributed by atoms with Crippen LogP contribution in [-0.4, -0.2) is 31.7 Å². The van der Waals surface area contributed by atoms with Gasteiger partial charge in [0.1, 0.15) is 5.00 Å². The Morgan fingerprint density at radius 2 is 1.73 bits per heavy atom. The smallest absolute Gasteiger partial charge is 0.261 e. The zero-order valence-corrected chi connectivity index (χ0v) is 16.4. The third kappa shape index (κ3) is 3.08. The van der Waals surface area contributed by atoms with Crippen molar-refractivity contribution in [1.82, 2.24) is 4.57 Å². The quantitative estimate of drug-likeness (QED) is 0.666. The van der Waals surface area contributed by atoms with Crippen molar-refractivity contribution in [1.29, 1.82) is 0 Å². The van der Waals surface area contributed by atoms with E-state index in [9.17, 15) is 4.79 Å². The fourth-order valence-electron chi connectivity index (χ4n) is 2.83. The third-order valence-electron chi connectivity index (χ3n) is 4.48. The van der Waals surface area contributed by atoms with Gasteiger partial charge in [-0.15, -0.1) is 11.3 Å². The summed E-state index contributed by atoms with van der Waals surface area (Å²) in [5.74, 6) is 1.17. The van der Waals surface area contributed by atoms with Crippen molar-refractivity contribution in [3.63, 3.8) is 0 Å². The number of aryl methyl sites for hydroxylation is 1. The monoisotopic (exact) mass is 370 g/mol. The van der Waals surface area contributed by atoms with Gasteiger partial charge in [0.15, 0.2) is 11.5 Å². The van der Waals surface area contributed by atoms with Crippen molar-refractivity contribution in [2.45, 2.75) is 13.8 Å². The van der Waals surface area contributed by atoms with Crippen LogP contribution in [0.1, 0.15) is 20.8 Å². The van der Waals surface area contributed by atoms with Crippen molar-refractivity contribution in [3.05, 3.63) is 58.7 Å². The molecule has 0 radical (unpaired) electrons. The Hall–Kier alpha value is -2.73. The highest BCUT2D eigenvalue weighted by Gasteiger charge is 2.24. The van der Waals surface area contributed by atoms with Crippen LogP contribution in [0.15, 0.2) is 42.7 Å². The Balaban J connectivity index is 2.02. The zero-order valence-electron chi connectivity index (χ0n) is 15.6. The van der Waals surface area contributed by atoms with Crippen LogP contribution in [0.25, 0.3) is 5.00 Å². The molecule has 5 nitrogen and oxygen atoms in total. The molecule has 2 heterocycles. The first-order chi connectivity index (χ1) is 12.5. The maximum atomic E-state index is 13.3. The van der Waals surface area contributed by atoms with E-state index in [1.165, 1.54) is 0 Å². The summed E-state index contributed by atoms with van der Waals surface area (Å²) in [6, 6.07) is 9.37. The van der Waals surface area contributed by atoms with Crippen LogP contribution < -0.4 is 14.4 Å². The molecule has 0 bridgehead atoms. The highest BCUT2D eigenvalue weighted by molar-refractivity contribution is 7.15. The fourth-order valence-corrected chi connectivity index (χ4v) is 3.95. The number of carbonyl (C=O) groups is 1. The third-order valence-corrected chi connectivity index (χ3v) is 5.70. The normalized spacial score (nSPS) is 10.7. The van der Waals surface area contributed by atoms with Gasteiger partial charge < -0.3 is 18.9 Å². The lowest BCUT2D eigenvalue weighted by Crippen LogP contribution is -2.27. The van der Waals surface area contributed by atoms with Crippen LogP contribution in [0, 0.1) is 13.8 Å².